The molecule has 0 bridgehead atoms. The van der Waals surface area contributed by atoms with Gasteiger partial charge in [0, 0.05) is 38.5 Å². The number of carbonyl (C=O) groups excluding carboxylic acids is 13. The Bertz CT molecular complexity index is 2870. The number of rotatable bonds is 39. The number of benzene rings is 2. The number of carboxylic acid groups (broad SMARTS) is 1. The third-order valence-corrected chi connectivity index (χ3v) is 15.0. The van der Waals surface area contributed by atoms with Gasteiger partial charge in [0.25, 0.3) is 0 Å². The van der Waals surface area contributed by atoms with E-state index in [9.17, 15) is 82.4 Å². The summed E-state index contributed by atoms with van der Waals surface area (Å²) < 4.78 is 0. The lowest BCUT2D eigenvalue weighted by Crippen LogP contribution is -2.62. The molecule has 18 N–H and O–H groups in total. The molecule has 1 aliphatic heterocycles. The van der Waals surface area contributed by atoms with Crippen molar-refractivity contribution >= 4 is 95.4 Å². The fraction of sp³-hybridized carbons (Fsp3) is 0.567. The zero-order valence-corrected chi connectivity index (χ0v) is 53.4. The van der Waals surface area contributed by atoms with E-state index in [1.807, 2.05) is 0 Å². The van der Waals surface area contributed by atoms with Gasteiger partial charge in [-0.15, -0.1) is 0 Å². The Labute approximate surface area is 538 Å². The highest BCUT2D eigenvalue weighted by Gasteiger charge is 2.41. The van der Waals surface area contributed by atoms with Crippen molar-refractivity contribution in [1.82, 2.24) is 63.4 Å². The van der Waals surface area contributed by atoms with Gasteiger partial charge in [0.05, 0.1) is 25.8 Å². The average Bonchev–Trinajstić information content (AvgIpc) is 1.68. The maximum absolute atomic E-state index is 14.2. The smallest absolute Gasteiger partial charge is 0.303 e. The molecule has 11 atom stereocenters. The summed E-state index contributed by atoms with van der Waals surface area (Å²) in [6, 6.07) is 3.51. The molecule has 508 valence electrons. The van der Waals surface area contributed by atoms with Gasteiger partial charge in [-0.1, -0.05) is 88.4 Å². The second-order valence-corrected chi connectivity index (χ2v) is 23.2. The third-order valence-electron chi connectivity index (χ3n) is 14.7. The molecule has 0 aliphatic carbocycles. The molecule has 0 spiro atoms. The van der Waals surface area contributed by atoms with Crippen LogP contribution in [0.4, 0.5) is 0 Å². The standard InChI is InChI=1S/C60H90N14O17S/c1-32(2)48(72-56(87)44-21-15-25-74(44)60(91)39(22-23-47(80)81)66-45(78)28-64-53(84)42(30-75)65-35(6)77)57(88)69-41(27-37-18-11-8-12-19-37)52(83)63-29-46(79)71-50(34(5)76)59(90)73-49(33(3)4)58(89)70-43(31-92)55(86)67-38(20-13-14-24-61)54(85)68-40(51(62)82)26-36-16-9-7-10-17-36/h7-12,16-19,32-34,38-44,48-50,75-76,92H,13-15,20-31,61H2,1-6H3,(H2,62,82)(H,63,83)(H,64,84)(H,65,77)(H,66,78)(H,67,86)(H,68,85)(H,69,88)(H,70,89)(H,71,79)(H,72,87)(H,73,90)(H,80,81)/t34-,38+,39+,40+,41+,42+,43+,44+,48+,49+,50+/m1/s1. The van der Waals surface area contributed by atoms with Gasteiger partial charge in [0.15, 0.2) is 0 Å². The molecule has 1 saturated heterocycles. The number of hydrogen-bond acceptors (Lipinski definition) is 18. The van der Waals surface area contributed by atoms with Gasteiger partial charge in [0.2, 0.25) is 76.8 Å². The van der Waals surface area contributed by atoms with Crippen LogP contribution >= 0.6 is 12.6 Å². The van der Waals surface area contributed by atoms with E-state index in [-0.39, 0.29) is 50.9 Å². The first-order chi connectivity index (χ1) is 43.5. The second-order valence-electron chi connectivity index (χ2n) is 22.9. The van der Waals surface area contributed by atoms with E-state index in [1.165, 1.54) is 6.92 Å². The Kier molecular flexibility index (Phi) is 33.3. The van der Waals surface area contributed by atoms with Crippen molar-refractivity contribution in [3.05, 3.63) is 71.8 Å². The number of amides is 13. The summed E-state index contributed by atoms with van der Waals surface area (Å²) in [7, 11) is 0. The first kappa shape index (κ1) is 77.5. The summed E-state index contributed by atoms with van der Waals surface area (Å²) in [5, 5.41) is 56.8. The molecule has 13 amide bonds. The summed E-state index contributed by atoms with van der Waals surface area (Å²) in [6.07, 6.45) is -1.30. The molecule has 32 heteroatoms. The van der Waals surface area contributed by atoms with Crippen molar-refractivity contribution in [2.75, 3.05) is 38.5 Å². The molecular formula is C60H90N14O17S. The van der Waals surface area contributed by atoms with Gasteiger partial charge in [-0.2, -0.15) is 12.6 Å². The molecule has 3 rings (SSSR count). The topological polar surface area (TPSA) is 487 Å². The lowest BCUT2D eigenvalue weighted by Gasteiger charge is -2.31. The van der Waals surface area contributed by atoms with Crippen molar-refractivity contribution in [3.8, 4) is 0 Å². The lowest BCUT2D eigenvalue weighted by atomic mass is 10.00. The van der Waals surface area contributed by atoms with Crippen molar-refractivity contribution in [3.63, 3.8) is 0 Å². The zero-order valence-electron chi connectivity index (χ0n) is 52.5. The highest BCUT2D eigenvalue weighted by Crippen LogP contribution is 2.21. The Morgan fingerprint density at radius 2 is 1.05 bits per heavy atom. The van der Waals surface area contributed by atoms with Crippen LogP contribution in [0, 0.1) is 11.8 Å². The fourth-order valence-electron chi connectivity index (χ4n) is 9.64. The predicted molar refractivity (Wildman–Crippen MR) is 335 cm³/mol. The molecule has 2 aromatic carbocycles. The molecule has 2 aromatic rings. The number of nitrogens with two attached hydrogens (primary N) is 2. The minimum atomic E-state index is -1.73. The first-order valence-electron chi connectivity index (χ1n) is 30.2. The maximum Gasteiger partial charge on any atom is 0.303 e. The molecule has 1 heterocycles. The molecular weight excluding hydrogens is 1220 g/mol. The van der Waals surface area contributed by atoms with Crippen molar-refractivity contribution in [2.24, 2.45) is 23.3 Å². The number of carboxylic acids is 1. The van der Waals surface area contributed by atoms with Crippen molar-refractivity contribution in [2.45, 2.75) is 166 Å². The Balaban J connectivity index is 1.72. The summed E-state index contributed by atoms with van der Waals surface area (Å²) in [6.45, 7) is 6.56. The van der Waals surface area contributed by atoms with E-state index in [4.69, 9.17) is 11.5 Å². The summed E-state index contributed by atoms with van der Waals surface area (Å²) in [5.74, 6) is -14.1. The second kappa shape index (κ2) is 39.5. The van der Waals surface area contributed by atoms with E-state index in [0.717, 1.165) is 11.8 Å². The van der Waals surface area contributed by atoms with Gasteiger partial charge in [0.1, 0.15) is 60.4 Å². The Hall–Kier alpha value is -8.75. The van der Waals surface area contributed by atoms with E-state index in [2.05, 4.69) is 71.1 Å². The van der Waals surface area contributed by atoms with Gasteiger partial charge in [-0.3, -0.25) is 67.1 Å². The monoisotopic (exact) mass is 1310 g/mol. The molecule has 0 saturated carbocycles. The number of carbonyl (C=O) groups is 14. The molecule has 92 heavy (non-hydrogen) atoms. The normalized spacial score (nSPS) is 16.0. The highest BCUT2D eigenvalue weighted by atomic mass is 32.1. The maximum atomic E-state index is 14.2. The number of aliphatic hydroxyl groups is 2. The molecule has 1 aliphatic rings. The summed E-state index contributed by atoms with van der Waals surface area (Å²) in [5.41, 5.74) is 12.6. The Morgan fingerprint density at radius 3 is 1.55 bits per heavy atom. The molecule has 0 radical (unpaired) electrons. The van der Waals surface area contributed by atoms with E-state index < -0.39 is 194 Å². The van der Waals surface area contributed by atoms with Crippen LogP contribution < -0.4 is 70.0 Å². The van der Waals surface area contributed by atoms with Gasteiger partial charge in [-0.25, -0.2) is 0 Å². The van der Waals surface area contributed by atoms with E-state index in [1.54, 1.807) is 88.4 Å². The number of unbranched alkanes of at least 4 members (excludes halogenated alkanes) is 1. The minimum absolute atomic E-state index is 0.00699. The lowest BCUT2D eigenvalue weighted by molar-refractivity contribution is -0.143. The van der Waals surface area contributed by atoms with Gasteiger partial charge in [-0.05, 0) is 75.0 Å². The molecule has 1 fully saturated rings. The number of nitrogens with zero attached hydrogens (tertiary/aromatic N) is 1. The summed E-state index contributed by atoms with van der Waals surface area (Å²) >= 11 is 4.26. The van der Waals surface area contributed by atoms with Gasteiger partial charge >= 0.3 is 5.97 Å². The molecule has 31 nitrogen and oxygen atoms in total. The summed E-state index contributed by atoms with van der Waals surface area (Å²) in [4.78, 5) is 187. The number of likely N-dealkylation sites (tertiary alicyclic amines) is 1. The predicted octanol–water partition coefficient (Wildman–Crippen LogP) is -4.83. The van der Waals surface area contributed by atoms with Crippen LogP contribution in [0.2, 0.25) is 0 Å². The van der Waals surface area contributed by atoms with E-state index in [0.29, 0.717) is 24.0 Å². The molecule has 0 unspecified atom stereocenters. The number of aliphatic carboxylic acids is 1. The van der Waals surface area contributed by atoms with Crippen LogP contribution in [0.25, 0.3) is 0 Å². The highest BCUT2D eigenvalue weighted by molar-refractivity contribution is 7.80. The average molecular weight is 1310 g/mol. The number of nitrogens with one attached hydrogen (secondary N) is 11. The van der Waals surface area contributed by atoms with Crippen LogP contribution in [0.3, 0.4) is 0 Å². The van der Waals surface area contributed by atoms with Crippen LogP contribution in [-0.2, 0) is 80.0 Å². The quantitative estimate of drug-likeness (QED) is 0.0221. The largest absolute Gasteiger partial charge is 0.481 e. The number of thiol groups is 1. The number of hydrogen-bond donors (Lipinski definition) is 17. The van der Waals surface area contributed by atoms with Crippen molar-refractivity contribution < 1.29 is 82.4 Å². The first-order valence-corrected chi connectivity index (χ1v) is 30.9. The fourth-order valence-corrected chi connectivity index (χ4v) is 9.90. The zero-order chi connectivity index (χ0) is 68.8. The SMILES string of the molecule is CC(=O)N[C@@H](CO)C(=O)NCC(=O)N[C@@H](CCC(=O)O)C(=O)N1CCC[C@H]1C(=O)N[C@H](C(=O)N[C@@H](Cc1ccccc1)C(=O)NCC(=O)N[C@H](C(=O)N[C@H](C(=O)N[C@@H](CS)C(=O)N[C@@H](CCCCN)C(=O)N[C@@H](Cc1ccccc1)C(N)=O)C(C)C)[C@@H](C)O)C(C)C. The Morgan fingerprint density at radius 1 is 0.565 bits per heavy atom. The van der Waals surface area contributed by atoms with Crippen molar-refractivity contribution in [1.29, 1.82) is 0 Å². The van der Waals surface area contributed by atoms with Gasteiger partial charge < -0.3 is 90.2 Å². The number of primary amides is 1. The van der Waals surface area contributed by atoms with Crippen LogP contribution in [-0.4, -0.2) is 208 Å². The van der Waals surface area contributed by atoms with E-state index >= 15 is 0 Å². The van der Waals surface area contributed by atoms with Crippen LogP contribution in [0.1, 0.15) is 97.6 Å². The van der Waals surface area contributed by atoms with Crippen LogP contribution in [0.5, 0.6) is 0 Å². The molecule has 0 aromatic heterocycles. The van der Waals surface area contributed by atoms with Crippen LogP contribution in [0.15, 0.2) is 60.7 Å². The number of aliphatic hydroxyl groups excluding tert-OH is 2. The third kappa shape index (κ3) is 26.2. The minimum Gasteiger partial charge on any atom is -0.481 e.